The lowest BCUT2D eigenvalue weighted by Crippen LogP contribution is -2.25. The van der Waals surface area contributed by atoms with Gasteiger partial charge in [-0.2, -0.15) is 0 Å². The third-order valence-electron chi connectivity index (χ3n) is 4.71. The molecule has 1 saturated carbocycles. The molecule has 5 nitrogen and oxygen atoms in total. The highest BCUT2D eigenvalue weighted by atomic mass is 16.2. The lowest BCUT2D eigenvalue weighted by molar-refractivity contribution is -0.127. The van der Waals surface area contributed by atoms with Gasteiger partial charge in [0.1, 0.15) is 5.78 Å². The fourth-order valence-electron chi connectivity index (χ4n) is 2.98. The van der Waals surface area contributed by atoms with Crippen LogP contribution < -0.4 is 10.6 Å². The summed E-state index contributed by atoms with van der Waals surface area (Å²) in [5.74, 6) is 1.78. The van der Waals surface area contributed by atoms with Gasteiger partial charge >= 0.3 is 0 Å². The lowest BCUT2D eigenvalue weighted by Gasteiger charge is -2.21. The number of nitrogens with one attached hydrogen (secondary N) is 2. The molecule has 26 heavy (non-hydrogen) atoms. The van der Waals surface area contributed by atoms with Crippen LogP contribution in [0, 0.1) is 17.8 Å². The Kier molecular flexibility index (Phi) is 14.0. The van der Waals surface area contributed by atoms with Crippen molar-refractivity contribution in [3.63, 3.8) is 0 Å². The van der Waals surface area contributed by atoms with Crippen LogP contribution in [-0.2, 0) is 14.4 Å². The van der Waals surface area contributed by atoms with E-state index in [1.807, 2.05) is 13.8 Å². The Bertz CT molecular complexity index is 424. The zero-order chi connectivity index (χ0) is 19.9. The fourth-order valence-corrected chi connectivity index (χ4v) is 2.98. The van der Waals surface area contributed by atoms with Crippen molar-refractivity contribution in [1.29, 1.82) is 0 Å². The van der Waals surface area contributed by atoms with Gasteiger partial charge in [0, 0.05) is 41.1 Å². The first-order valence-electron chi connectivity index (χ1n) is 10.3. The molecule has 1 rings (SSSR count). The van der Waals surface area contributed by atoms with Gasteiger partial charge in [-0.1, -0.05) is 47.0 Å². The number of ketones is 1. The van der Waals surface area contributed by atoms with E-state index < -0.39 is 0 Å². The Morgan fingerprint density at radius 1 is 0.962 bits per heavy atom. The molecule has 1 aliphatic carbocycles. The maximum atomic E-state index is 11.5. The first-order chi connectivity index (χ1) is 12.3. The SMILES string of the molecule is CC(C)C(=O)C1CCCCC1.CNC(=O)CCCC(=O)NCCC(C)C.[HH].[HH]. The topological polar surface area (TPSA) is 75.3 Å². The second-order valence-corrected chi connectivity index (χ2v) is 7.95. The minimum Gasteiger partial charge on any atom is -0.359 e. The summed E-state index contributed by atoms with van der Waals surface area (Å²) in [5, 5.41) is 5.36. The normalized spacial score (nSPS) is 14.6. The first-order valence-corrected chi connectivity index (χ1v) is 10.3. The van der Waals surface area contributed by atoms with E-state index >= 15 is 0 Å². The molecule has 0 radical (unpaired) electrons. The fraction of sp³-hybridized carbons (Fsp3) is 0.857. The number of hydrogen-bond acceptors (Lipinski definition) is 3. The van der Waals surface area contributed by atoms with Crippen LogP contribution >= 0.6 is 0 Å². The summed E-state index contributed by atoms with van der Waals surface area (Å²) in [6.07, 6.45) is 8.65. The van der Waals surface area contributed by atoms with Crippen molar-refractivity contribution in [2.24, 2.45) is 17.8 Å². The molecule has 0 aromatic heterocycles. The smallest absolute Gasteiger partial charge is 0.220 e. The molecule has 0 heterocycles. The molecule has 0 unspecified atom stereocenters. The lowest BCUT2D eigenvalue weighted by atomic mass is 9.83. The van der Waals surface area contributed by atoms with Gasteiger partial charge in [0.05, 0.1) is 0 Å². The number of Topliss-reactive ketones (excluding diaryl/α,β-unsaturated/α-hetero) is 1. The molecule has 156 valence electrons. The maximum Gasteiger partial charge on any atom is 0.220 e. The molecular weight excluding hydrogens is 328 g/mol. The molecule has 0 aromatic rings. The molecule has 0 atom stereocenters. The van der Waals surface area contributed by atoms with E-state index in [-0.39, 0.29) is 20.6 Å². The standard InChI is InChI=1S/C11H22N2O2.C10H18O.2H2/c1-9(2)7-8-13-11(15)6-4-5-10(14)12-3;1-8(2)10(11)9-6-4-3-5-7-9;;/h9H,4-8H2,1-3H3,(H,12,14)(H,13,15);8-9H,3-7H2,1-2H3;2*1H. The third-order valence-corrected chi connectivity index (χ3v) is 4.71. The summed E-state index contributed by atoms with van der Waals surface area (Å²) in [5.41, 5.74) is 0. The van der Waals surface area contributed by atoms with E-state index in [0.717, 1.165) is 25.8 Å². The van der Waals surface area contributed by atoms with E-state index in [1.165, 1.54) is 19.3 Å². The molecule has 0 bridgehead atoms. The Balaban J connectivity index is -0.000000431. The minimum atomic E-state index is -0.00928. The summed E-state index contributed by atoms with van der Waals surface area (Å²) in [7, 11) is 1.60. The molecule has 2 N–H and O–H groups in total. The molecule has 1 aliphatic rings. The summed E-state index contributed by atoms with van der Waals surface area (Å²) in [6, 6.07) is 0. The predicted octanol–water partition coefficient (Wildman–Crippen LogP) is 4.35. The Morgan fingerprint density at radius 3 is 2.04 bits per heavy atom. The van der Waals surface area contributed by atoms with Crippen LogP contribution in [0.3, 0.4) is 0 Å². The maximum absolute atomic E-state index is 11.5. The zero-order valence-electron chi connectivity index (χ0n) is 17.5. The van der Waals surface area contributed by atoms with Gasteiger partial charge in [0.25, 0.3) is 0 Å². The highest BCUT2D eigenvalue weighted by Gasteiger charge is 2.22. The van der Waals surface area contributed by atoms with Crippen molar-refractivity contribution in [1.82, 2.24) is 10.6 Å². The summed E-state index contributed by atoms with van der Waals surface area (Å²) < 4.78 is 0. The molecule has 0 aromatic carbocycles. The van der Waals surface area contributed by atoms with Gasteiger partial charge in [0.15, 0.2) is 0 Å². The first kappa shape index (κ1) is 24.6. The molecule has 0 spiro atoms. The minimum absolute atomic E-state index is 0. The molecule has 0 aliphatic heterocycles. The van der Waals surface area contributed by atoms with E-state index in [9.17, 15) is 14.4 Å². The summed E-state index contributed by atoms with van der Waals surface area (Å²) in [4.78, 5) is 33.6. The van der Waals surface area contributed by atoms with Crippen molar-refractivity contribution in [3.05, 3.63) is 0 Å². The number of rotatable bonds is 9. The quantitative estimate of drug-likeness (QED) is 0.632. The molecular formula is C21H44N2O3. The molecule has 2 amide bonds. The van der Waals surface area contributed by atoms with Crippen LogP contribution in [0.5, 0.6) is 0 Å². The summed E-state index contributed by atoms with van der Waals surface area (Å²) in [6.45, 7) is 9.00. The van der Waals surface area contributed by atoms with Crippen LogP contribution in [-0.4, -0.2) is 31.2 Å². The number of carbonyl (C=O) groups is 3. The number of hydrogen-bond donors (Lipinski definition) is 2. The molecule has 0 saturated heterocycles. The number of carbonyl (C=O) groups excluding carboxylic acids is 3. The van der Waals surface area contributed by atoms with Gasteiger partial charge in [-0.25, -0.2) is 0 Å². The van der Waals surface area contributed by atoms with Crippen molar-refractivity contribution in [2.75, 3.05) is 13.6 Å². The second-order valence-electron chi connectivity index (χ2n) is 7.95. The Labute approximate surface area is 163 Å². The molecule has 5 heteroatoms. The van der Waals surface area contributed by atoms with Crippen LogP contribution in [0.4, 0.5) is 0 Å². The van der Waals surface area contributed by atoms with Crippen LogP contribution in [0.25, 0.3) is 0 Å². The van der Waals surface area contributed by atoms with Gasteiger partial charge in [-0.3, -0.25) is 14.4 Å². The van der Waals surface area contributed by atoms with E-state index in [2.05, 4.69) is 24.5 Å². The van der Waals surface area contributed by atoms with Crippen molar-refractivity contribution in [3.8, 4) is 0 Å². The Morgan fingerprint density at radius 2 is 1.54 bits per heavy atom. The van der Waals surface area contributed by atoms with E-state index in [1.54, 1.807) is 7.05 Å². The van der Waals surface area contributed by atoms with Gasteiger partial charge < -0.3 is 10.6 Å². The predicted molar refractivity (Wildman–Crippen MR) is 111 cm³/mol. The highest BCUT2D eigenvalue weighted by Crippen LogP contribution is 2.26. The second kappa shape index (κ2) is 14.7. The number of amides is 2. The third kappa shape index (κ3) is 12.9. The van der Waals surface area contributed by atoms with Crippen molar-refractivity contribution in [2.45, 2.75) is 85.5 Å². The Hall–Kier alpha value is -1.39. The molecule has 1 fully saturated rings. The van der Waals surface area contributed by atoms with Crippen LogP contribution in [0.2, 0.25) is 0 Å². The monoisotopic (exact) mass is 372 g/mol. The van der Waals surface area contributed by atoms with Crippen LogP contribution in [0.15, 0.2) is 0 Å². The van der Waals surface area contributed by atoms with E-state index in [4.69, 9.17) is 0 Å². The van der Waals surface area contributed by atoms with E-state index in [0.29, 0.717) is 36.9 Å². The van der Waals surface area contributed by atoms with Gasteiger partial charge in [-0.15, -0.1) is 0 Å². The van der Waals surface area contributed by atoms with Gasteiger partial charge in [-0.05, 0) is 31.6 Å². The zero-order valence-corrected chi connectivity index (χ0v) is 17.5. The van der Waals surface area contributed by atoms with Crippen molar-refractivity contribution < 1.29 is 17.2 Å². The largest absolute Gasteiger partial charge is 0.359 e. The van der Waals surface area contributed by atoms with Crippen LogP contribution in [0.1, 0.15) is 88.3 Å². The summed E-state index contributed by atoms with van der Waals surface area (Å²) >= 11 is 0. The highest BCUT2D eigenvalue weighted by molar-refractivity contribution is 5.82. The average molecular weight is 373 g/mol. The van der Waals surface area contributed by atoms with Gasteiger partial charge in [0.2, 0.25) is 11.8 Å². The van der Waals surface area contributed by atoms with Crippen molar-refractivity contribution >= 4 is 17.6 Å². The average Bonchev–Trinajstić information content (AvgIpc) is 2.61.